The second-order valence-electron chi connectivity index (χ2n) is 5.80. The molecule has 0 unspecified atom stereocenters. The van der Waals surface area contributed by atoms with Gasteiger partial charge in [-0.15, -0.1) is 0 Å². The number of benzene rings is 2. The Morgan fingerprint density at radius 1 is 1.14 bits per heavy atom. The summed E-state index contributed by atoms with van der Waals surface area (Å²) in [6.07, 6.45) is 2.10. The predicted octanol–water partition coefficient (Wildman–Crippen LogP) is 3.87. The molecule has 2 aromatic rings. The maximum atomic E-state index is 13.7. The van der Waals surface area contributed by atoms with E-state index < -0.39 is 5.82 Å². The average Bonchev–Trinajstić information content (AvgIpc) is 3.31. The molecule has 0 spiro atoms. The van der Waals surface area contributed by atoms with Gasteiger partial charge in [0.2, 0.25) is 5.91 Å². The summed E-state index contributed by atoms with van der Waals surface area (Å²) >= 11 is 5.95. The Morgan fingerprint density at radius 3 is 2.50 bits per heavy atom. The Kier molecular flexibility index (Phi) is 4.16. The Bertz CT molecular complexity index is 662. The Balaban J connectivity index is 1.62. The molecule has 0 aliphatic heterocycles. The Labute approximate surface area is 134 Å². The van der Waals surface area contributed by atoms with E-state index in [-0.39, 0.29) is 23.3 Å². The van der Waals surface area contributed by atoms with Crippen molar-refractivity contribution < 1.29 is 9.18 Å². The minimum atomic E-state index is -0.438. The van der Waals surface area contributed by atoms with E-state index in [0.29, 0.717) is 11.6 Å². The number of rotatable bonds is 5. The molecule has 114 valence electrons. The molecule has 0 saturated heterocycles. The first-order chi connectivity index (χ1) is 10.6. The maximum absolute atomic E-state index is 13.7. The van der Waals surface area contributed by atoms with Gasteiger partial charge >= 0.3 is 0 Å². The third kappa shape index (κ3) is 3.14. The first-order valence-corrected chi connectivity index (χ1v) is 7.74. The lowest BCUT2D eigenvalue weighted by molar-refractivity contribution is -0.120. The van der Waals surface area contributed by atoms with Gasteiger partial charge in [-0.05, 0) is 30.5 Å². The molecule has 0 atom stereocenters. The van der Waals surface area contributed by atoms with Gasteiger partial charge in [-0.1, -0.05) is 48.0 Å². The van der Waals surface area contributed by atoms with Crippen molar-refractivity contribution >= 4 is 17.5 Å². The fourth-order valence-corrected chi connectivity index (χ4v) is 2.93. The number of carbonyl (C=O) groups excluding carboxylic acids is 1. The SMILES string of the molecule is O=C(Cc1c(F)cccc1Cl)NCC1(c2ccccc2)CC1. The van der Waals surface area contributed by atoms with Crippen LogP contribution >= 0.6 is 11.6 Å². The van der Waals surface area contributed by atoms with Crippen molar-refractivity contribution in [3.05, 3.63) is 70.5 Å². The number of hydrogen-bond acceptors (Lipinski definition) is 1. The summed E-state index contributed by atoms with van der Waals surface area (Å²) in [5.41, 5.74) is 1.56. The van der Waals surface area contributed by atoms with Crippen LogP contribution in [0.1, 0.15) is 24.0 Å². The molecule has 0 aromatic heterocycles. The Morgan fingerprint density at radius 2 is 1.86 bits per heavy atom. The van der Waals surface area contributed by atoms with Crippen LogP contribution in [0.15, 0.2) is 48.5 Å². The minimum Gasteiger partial charge on any atom is -0.355 e. The third-order valence-electron chi connectivity index (χ3n) is 4.26. The number of nitrogens with one attached hydrogen (secondary N) is 1. The second-order valence-corrected chi connectivity index (χ2v) is 6.21. The van der Waals surface area contributed by atoms with E-state index in [4.69, 9.17) is 11.6 Å². The van der Waals surface area contributed by atoms with Gasteiger partial charge in [0.25, 0.3) is 0 Å². The molecule has 1 fully saturated rings. The highest BCUT2D eigenvalue weighted by atomic mass is 35.5. The molecule has 1 aliphatic carbocycles. The molecular weight excluding hydrogens is 301 g/mol. The molecular formula is C18H17ClFNO. The first kappa shape index (κ1) is 15.0. The van der Waals surface area contributed by atoms with Gasteiger partial charge in [-0.3, -0.25) is 4.79 Å². The van der Waals surface area contributed by atoms with E-state index in [1.807, 2.05) is 18.2 Å². The molecule has 0 heterocycles. The minimum absolute atomic E-state index is 0.0314. The lowest BCUT2D eigenvalue weighted by Crippen LogP contribution is -2.33. The van der Waals surface area contributed by atoms with E-state index in [1.54, 1.807) is 6.07 Å². The summed E-state index contributed by atoms with van der Waals surface area (Å²) in [6, 6.07) is 14.6. The van der Waals surface area contributed by atoms with Crippen LogP contribution in [0.25, 0.3) is 0 Å². The number of hydrogen-bond donors (Lipinski definition) is 1. The molecule has 0 radical (unpaired) electrons. The molecule has 2 nitrogen and oxygen atoms in total. The van der Waals surface area contributed by atoms with Crippen LogP contribution in [0.2, 0.25) is 5.02 Å². The fraction of sp³-hybridized carbons (Fsp3) is 0.278. The fourth-order valence-electron chi connectivity index (χ4n) is 2.70. The molecule has 2 aromatic carbocycles. The van der Waals surface area contributed by atoms with Gasteiger partial charge in [0.15, 0.2) is 0 Å². The van der Waals surface area contributed by atoms with Crippen LogP contribution in [0.5, 0.6) is 0 Å². The number of halogens is 2. The summed E-state index contributed by atoms with van der Waals surface area (Å²) in [5.74, 6) is -0.638. The highest BCUT2D eigenvalue weighted by Gasteiger charge is 2.44. The lowest BCUT2D eigenvalue weighted by atomic mass is 9.96. The quantitative estimate of drug-likeness (QED) is 0.891. The molecule has 1 amide bonds. The standard InChI is InChI=1S/C18H17ClFNO/c19-15-7-4-8-16(20)14(15)11-17(22)21-12-18(9-10-18)13-5-2-1-3-6-13/h1-8H,9-12H2,(H,21,22). The van der Waals surface area contributed by atoms with Gasteiger partial charge < -0.3 is 5.32 Å². The largest absolute Gasteiger partial charge is 0.355 e. The van der Waals surface area contributed by atoms with Crippen molar-refractivity contribution in [3.8, 4) is 0 Å². The van der Waals surface area contributed by atoms with Crippen LogP contribution < -0.4 is 5.32 Å². The molecule has 1 saturated carbocycles. The van der Waals surface area contributed by atoms with E-state index in [9.17, 15) is 9.18 Å². The molecule has 1 aliphatic rings. The van der Waals surface area contributed by atoms with Gasteiger partial charge in [0.05, 0.1) is 6.42 Å². The van der Waals surface area contributed by atoms with E-state index in [0.717, 1.165) is 12.8 Å². The first-order valence-electron chi connectivity index (χ1n) is 7.36. The van der Waals surface area contributed by atoms with Gasteiger partial charge in [-0.25, -0.2) is 4.39 Å². The molecule has 4 heteroatoms. The zero-order valence-corrected chi connectivity index (χ0v) is 12.9. The lowest BCUT2D eigenvalue weighted by Gasteiger charge is -2.17. The summed E-state index contributed by atoms with van der Waals surface area (Å²) in [7, 11) is 0. The van der Waals surface area contributed by atoms with E-state index in [2.05, 4.69) is 17.4 Å². The predicted molar refractivity (Wildman–Crippen MR) is 85.5 cm³/mol. The van der Waals surface area contributed by atoms with E-state index >= 15 is 0 Å². The zero-order valence-electron chi connectivity index (χ0n) is 12.1. The molecule has 0 bridgehead atoms. The van der Waals surface area contributed by atoms with Crippen molar-refractivity contribution in [3.63, 3.8) is 0 Å². The summed E-state index contributed by atoms with van der Waals surface area (Å²) < 4.78 is 13.7. The van der Waals surface area contributed by atoms with Gasteiger partial charge in [0.1, 0.15) is 5.82 Å². The molecule has 22 heavy (non-hydrogen) atoms. The topological polar surface area (TPSA) is 29.1 Å². The number of carbonyl (C=O) groups is 1. The highest BCUT2D eigenvalue weighted by molar-refractivity contribution is 6.31. The Hall–Kier alpha value is -1.87. The third-order valence-corrected chi connectivity index (χ3v) is 4.62. The van der Waals surface area contributed by atoms with Crippen molar-refractivity contribution in [1.82, 2.24) is 5.32 Å². The van der Waals surface area contributed by atoms with Crippen molar-refractivity contribution in [2.75, 3.05) is 6.54 Å². The van der Waals surface area contributed by atoms with Crippen LogP contribution in [-0.4, -0.2) is 12.5 Å². The molecule has 1 N–H and O–H groups in total. The van der Waals surface area contributed by atoms with Crippen molar-refractivity contribution in [2.45, 2.75) is 24.7 Å². The van der Waals surface area contributed by atoms with Gasteiger partial charge in [0, 0.05) is 22.5 Å². The summed E-state index contributed by atoms with van der Waals surface area (Å²) in [6.45, 7) is 0.585. The molecule has 3 rings (SSSR count). The zero-order chi connectivity index (χ0) is 15.6. The summed E-state index contributed by atoms with van der Waals surface area (Å²) in [5, 5.41) is 3.21. The van der Waals surface area contributed by atoms with Crippen LogP contribution in [0.4, 0.5) is 4.39 Å². The monoisotopic (exact) mass is 317 g/mol. The smallest absolute Gasteiger partial charge is 0.224 e. The van der Waals surface area contributed by atoms with Crippen LogP contribution in [-0.2, 0) is 16.6 Å². The van der Waals surface area contributed by atoms with Crippen LogP contribution in [0, 0.1) is 5.82 Å². The van der Waals surface area contributed by atoms with Crippen molar-refractivity contribution in [1.29, 1.82) is 0 Å². The average molecular weight is 318 g/mol. The van der Waals surface area contributed by atoms with Crippen molar-refractivity contribution in [2.24, 2.45) is 0 Å². The second kappa shape index (κ2) is 6.09. The maximum Gasteiger partial charge on any atom is 0.224 e. The van der Waals surface area contributed by atoms with E-state index in [1.165, 1.54) is 17.7 Å². The normalized spacial score (nSPS) is 15.4. The summed E-state index contributed by atoms with van der Waals surface area (Å²) in [4.78, 5) is 12.1. The van der Waals surface area contributed by atoms with Gasteiger partial charge in [-0.2, -0.15) is 0 Å². The highest BCUT2D eigenvalue weighted by Crippen LogP contribution is 2.47. The van der Waals surface area contributed by atoms with Crippen LogP contribution in [0.3, 0.4) is 0 Å². The number of amides is 1.